The maximum absolute atomic E-state index is 14.8. The summed E-state index contributed by atoms with van der Waals surface area (Å²) in [5.74, 6) is -1.66. The lowest BCUT2D eigenvalue weighted by atomic mass is 9.95. The fraction of sp³-hybridized carbons (Fsp3) is 0.250. The number of fused-ring (bicyclic) bond motifs is 3. The Balaban J connectivity index is 1.28. The number of carbonyl (C=O) groups excluding carboxylic acids is 1. The van der Waals surface area contributed by atoms with Gasteiger partial charge < -0.3 is 10.2 Å². The average molecular weight is 615 g/mol. The zero-order valence-electron chi connectivity index (χ0n) is 24.0. The Hall–Kier alpha value is -4.61. The first kappa shape index (κ1) is 29.5. The zero-order chi connectivity index (χ0) is 31.0. The van der Waals surface area contributed by atoms with Crippen LogP contribution in [0.2, 0.25) is 5.02 Å². The highest BCUT2D eigenvalue weighted by atomic mass is 35.5. The van der Waals surface area contributed by atoms with Crippen molar-refractivity contribution in [3.63, 3.8) is 0 Å². The number of nitrogens with zero attached hydrogens (tertiary/aromatic N) is 5. The van der Waals surface area contributed by atoms with E-state index in [1.165, 1.54) is 18.2 Å². The van der Waals surface area contributed by atoms with E-state index in [4.69, 9.17) is 22.0 Å². The van der Waals surface area contributed by atoms with Crippen LogP contribution in [0.1, 0.15) is 37.0 Å². The SMILES string of the molecule is CC1CN(C(=N)NC(=O)C2=CC(=Nc3ncc4c(n3)-c3ccc(Cl)cc3C(c3c(F)cccc3F)=NC4)CC=C2)CC(C)N1. The third kappa shape index (κ3) is 6.06. The number of carbonyl (C=O) groups is 1. The number of aromatic nitrogens is 2. The Morgan fingerprint density at radius 3 is 2.64 bits per heavy atom. The van der Waals surface area contributed by atoms with Gasteiger partial charge >= 0.3 is 0 Å². The van der Waals surface area contributed by atoms with E-state index >= 15 is 0 Å². The highest BCUT2D eigenvalue weighted by Crippen LogP contribution is 2.35. The summed E-state index contributed by atoms with van der Waals surface area (Å²) in [6.45, 7) is 5.42. The summed E-state index contributed by atoms with van der Waals surface area (Å²) in [5.41, 5.74) is 3.00. The number of guanidine groups is 1. The van der Waals surface area contributed by atoms with E-state index < -0.39 is 17.5 Å². The molecule has 0 saturated carbocycles. The molecular formula is C32H29ClF2N8O. The first-order valence-corrected chi connectivity index (χ1v) is 14.6. The second-order valence-electron chi connectivity index (χ2n) is 11.0. The van der Waals surface area contributed by atoms with E-state index in [0.717, 1.165) is 0 Å². The molecule has 1 aromatic heterocycles. The van der Waals surface area contributed by atoms with Crippen molar-refractivity contribution < 1.29 is 13.6 Å². The van der Waals surface area contributed by atoms with Gasteiger partial charge in [-0.1, -0.05) is 35.9 Å². The number of hydrogen-bond donors (Lipinski definition) is 3. The van der Waals surface area contributed by atoms with Crippen LogP contribution in [-0.4, -0.2) is 63.3 Å². The monoisotopic (exact) mass is 614 g/mol. The lowest BCUT2D eigenvalue weighted by Crippen LogP contribution is -2.58. The molecule has 2 aromatic carbocycles. The molecular weight excluding hydrogens is 586 g/mol. The molecule has 3 aromatic rings. The molecule has 1 saturated heterocycles. The van der Waals surface area contributed by atoms with Crippen LogP contribution in [0.15, 0.2) is 76.4 Å². The summed E-state index contributed by atoms with van der Waals surface area (Å²) in [5, 5.41) is 14.9. The quantitative estimate of drug-likeness (QED) is 0.280. The lowest BCUT2D eigenvalue weighted by molar-refractivity contribution is -0.116. The molecule has 0 radical (unpaired) electrons. The lowest BCUT2D eigenvalue weighted by Gasteiger charge is -2.37. The standard InChI is InChI=1S/C32H29ClF2N8O/c1-17-15-43(16-18(2)39-17)31(36)42-30(44)19-5-3-6-22(11-19)40-32-38-14-20-13-37-29(27-25(34)7-4-8-26(27)35)24-12-21(33)9-10-23(24)28(20)41-32/h3-5,7-12,14,17-18,39H,6,13,15-16H2,1-2H3,(H2,36,42,44). The maximum Gasteiger partial charge on any atom is 0.258 e. The van der Waals surface area contributed by atoms with Crippen LogP contribution in [0.5, 0.6) is 0 Å². The first-order chi connectivity index (χ1) is 21.2. The summed E-state index contributed by atoms with van der Waals surface area (Å²) < 4.78 is 29.7. The molecule has 3 aliphatic rings. The van der Waals surface area contributed by atoms with Crippen molar-refractivity contribution >= 4 is 40.8 Å². The molecule has 2 atom stereocenters. The number of nitrogens with one attached hydrogen (secondary N) is 3. The van der Waals surface area contributed by atoms with E-state index in [1.54, 1.807) is 36.5 Å². The van der Waals surface area contributed by atoms with E-state index in [0.29, 0.717) is 58.2 Å². The average Bonchev–Trinajstić information content (AvgIpc) is 3.13. The molecule has 1 amide bonds. The maximum atomic E-state index is 14.8. The van der Waals surface area contributed by atoms with Crippen molar-refractivity contribution in [2.45, 2.75) is 38.9 Å². The minimum atomic E-state index is -0.733. The minimum Gasteiger partial charge on any atom is -0.340 e. The first-order valence-electron chi connectivity index (χ1n) is 14.2. The molecule has 44 heavy (non-hydrogen) atoms. The highest BCUT2D eigenvalue weighted by Gasteiger charge is 2.26. The Kier molecular flexibility index (Phi) is 8.15. The van der Waals surface area contributed by atoms with Gasteiger partial charge in [0, 0.05) is 70.8 Å². The number of aliphatic imine (C=N–C) groups is 2. The highest BCUT2D eigenvalue weighted by molar-refractivity contribution is 6.31. The number of rotatable bonds is 3. The van der Waals surface area contributed by atoms with Gasteiger partial charge in [-0.3, -0.25) is 20.5 Å². The van der Waals surface area contributed by atoms with Crippen LogP contribution < -0.4 is 10.6 Å². The van der Waals surface area contributed by atoms with E-state index in [9.17, 15) is 13.6 Å². The molecule has 2 unspecified atom stereocenters. The molecule has 0 spiro atoms. The summed E-state index contributed by atoms with van der Waals surface area (Å²) in [6, 6.07) is 9.11. The summed E-state index contributed by atoms with van der Waals surface area (Å²) in [4.78, 5) is 33.1. The zero-order valence-corrected chi connectivity index (χ0v) is 24.8. The Morgan fingerprint density at radius 2 is 1.89 bits per heavy atom. The van der Waals surface area contributed by atoms with Gasteiger partial charge in [-0.15, -0.1) is 0 Å². The minimum absolute atomic E-state index is 0.0540. The van der Waals surface area contributed by atoms with Gasteiger partial charge in [-0.2, -0.15) is 0 Å². The van der Waals surface area contributed by atoms with Gasteiger partial charge in [-0.05, 0) is 44.2 Å². The predicted octanol–water partition coefficient (Wildman–Crippen LogP) is 5.12. The Morgan fingerprint density at radius 1 is 1.14 bits per heavy atom. The molecule has 224 valence electrons. The third-order valence-electron chi connectivity index (χ3n) is 7.51. The van der Waals surface area contributed by atoms with Crippen LogP contribution >= 0.6 is 11.6 Å². The van der Waals surface area contributed by atoms with Crippen LogP contribution in [0.4, 0.5) is 14.7 Å². The molecule has 6 rings (SSSR count). The van der Waals surface area contributed by atoms with Gasteiger partial charge in [0.2, 0.25) is 5.95 Å². The van der Waals surface area contributed by atoms with Crippen molar-refractivity contribution in [3.05, 3.63) is 99.7 Å². The number of allylic oxidation sites excluding steroid dienone is 2. The van der Waals surface area contributed by atoms with Crippen molar-refractivity contribution in [2.75, 3.05) is 13.1 Å². The number of halogens is 3. The van der Waals surface area contributed by atoms with Gasteiger partial charge in [-0.25, -0.2) is 23.7 Å². The van der Waals surface area contributed by atoms with Gasteiger partial charge in [0.1, 0.15) is 11.6 Å². The molecule has 9 nitrogen and oxygen atoms in total. The van der Waals surface area contributed by atoms with Crippen LogP contribution in [-0.2, 0) is 11.3 Å². The van der Waals surface area contributed by atoms with Gasteiger partial charge in [0.05, 0.1) is 23.5 Å². The van der Waals surface area contributed by atoms with Gasteiger partial charge in [0.15, 0.2) is 5.96 Å². The second-order valence-corrected chi connectivity index (χ2v) is 11.4. The number of hydrogen-bond acceptors (Lipinski definition) is 7. The molecule has 1 aliphatic carbocycles. The molecule has 0 bridgehead atoms. The number of piperazine rings is 1. The largest absolute Gasteiger partial charge is 0.340 e. The smallest absolute Gasteiger partial charge is 0.258 e. The third-order valence-corrected chi connectivity index (χ3v) is 7.74. The van der Waals surface area contributed by atoms with Gasteiger partial charge in [0.25, 0.3) is 5.91 Å². The van der Waals surface area contributed by atoms with E-state index in [1.807, 2.05) is 24.8 Å². The number of amides is 1. The van der Waals surface area contributed by atoms with Crippen LogP contribution in [0.3, 0.4) is 0 Å². The topological polar surface area (TPSA) is 119 Å². The van der Waals surface area contributed by atoms with Crippen LogP contribution in [0, 0.1) is 17.0 Å². The summed E-state index contributed by atoms with van der Waals surface area (Å²) >= 11 is 6.32. The predicted molar refractivity (Wildman–Crippen MR) is 167 cm³/mol. The van der Waals surface area contributed by atoms with Crippen molar-refractivity contribution in [1.29, 1.82) is 5.41 Å². The number of benzene rings is 2. The molecule has 1 fully saturated rings. The molecule has 12 heteroatoms. The Labute approximate surface area is 258 Å². The van der Waals surface area contributed by atoms with Crippen molar-refractivity contribution in [2.24, 2.45) is 9.98 Å². The molecule has 3 N–H and O–H groups in total. The molecule has 2 aliphatic heterocycles. The van der Waals surface area contributed by atoms with E-state index in [2.05, 4.69) is 25.6 Å². The molecule has 3 heterocycles. The van der Waals surface area contributed by atoms with Crippen molar-refractivity contribution in [3.8, 4) is 11.3 Å². The fourth-order valence-electron chi connectivity index (χ4n) is 5.62. The fourth-order valence-corrected chi connectivity index (χ4v) is 5.79. The summed E-state index contributed by atoms with van der Waals surface area (Å²) in [7, 11) is 0. The second kappa shape index (κ2) is 12.2. The van der Waals surface area contributed by atoms with Crippen LogP contribution in [0.25, 0.3) is 11.3 Å². The normalized spacial score (nSPS) is 20.3. The van der Waals surface area contributed by atoms with E-state index in [-0.39, 0.29) is 41.8 Å². The summed E-state index contributed by atoms with van der Waals surface area (Å²) in [6.07, 6.45) is 7.21. The Bertz CT molecular complexity index is 1770. The van der Waals surface area contributed by atoms with Crippen molar-refractivity contribution in [1.82, 2.24) is 25.5 Å².